The van der Waals surface area contributed by atoms with E-state index in [1.807, 2.05) is 12.1 Å². The molecule has 3 atom stereocenters. The summed E-state index contributed by atoms with van der Waals surface area (Å²) in [5, 5.41) is 9.59. The normalized spacial score (nSPS) is 26.9. The number of pyridine rings is 1. The monoisotopic (exact) mass is 234 g/mol. The van der Waals surface area contributed by atoms with Gasteiger partial charge in [-0.15, -0.1) is 0 Å². The second-order valence-corrected chi connectivity index (χ2v) is 5.31. The minimum atomic E-state index is -0.419. The van der Waals surface area contributed by atoms with Crippen LogP contribution in [0.3, 0.4) is 0 Å². The number of aliphatic hydroxyl groups excluding tert-OH is 1. The van der Waals surface area contributed by atoms with Crippen molar-refractivity contribution in [1.82, 2.24) is 4.98 Å². The lowest BCUT2D eigenvalue weighted by Gasteiger charge is -2.36. The van der Waals surface area contributed by atoms with Crippen molar-refractivity contribution < 1.29 is 5.11 Å². The summed E-state index contributed by atoms with van der Waals surface area (Å²) >= 11 is 0. The van der Waals surface area contributed by atoms with Crippen LogP contribution >= 0.6 is 0 Å². The molecule has 17 heavy (non-hydrogen) atoms. The Bertz CT molecular complexity index is 378. The molecule has 0 aromatic carbocycles. The van der Waals surface area contributed by atoms with Gasteiger partial charge < -0.3 is 10.0 Å². The molecular weight excluding hydrogens is 212 g/mol. The van der Waals surface area contributed by atoms with Gasteiger partial charge in [-0.1, -0.05) is 13.8 Å². The highest BCUT2D eigenvalue weighted by Gasteiger charge is 2.23. The van der Waals surface area contributed by atoms with Gasteiger partial charge in [0.2, 0.25) is 0 Å². The van der Waals surface area contributed by atoms with Gasteiger partial charge in [0.05, 0.1) is 6.10 Å². The van der Waals surface area contributed by atoms with E-state index in [1.54, 1.807) is 13.1 Å². The molecule has 0 amide bonds. The zero-order valence-electron chi connectivity index (χ0n) is 10.9. The molecule has 1 aromatic heterocycles. The Balaban J connectivity index is 2.14. The van der Waals surface area contributed by atoms with Crippen LogP contribution in [0.2, 0.25) is 0 Å². The Hall–Kier alpha value is -1.09. The third kappa shape index (κ3) is 2.78. The first-order valence-corrected chi connectivity index (χ1v) is 6.47. The van der Waals surface area contributed by atoms with E-state index in [4.69, 9.17) is 0 Å². The van der Waals surface area contributed by atoms with Crippen molar-refractivity contribution in [2.75, 3.05) is 18.0 Å². The molecule has 2 unspecified atom stereocenters. The molecule has 1 fully saturated rings. The number of nitrogens with zero attached hydrogens (tertiary/aromatic N) is 2. The standard InChI is InChI=1S/C14H22N2O/c1-10-5-7-16(9-11(10)2)14-8-13(12(3)17)4-6-15-14/h4,6,8,10-12,17H,5,7,9H2,1-3H3/t10?,11?,12-/m1/s1. The second kappa shape index (κ2) is 5.05. The van der Waals surface area contributed by atoms with Gasteiger partial charge in [0.15, 0.2) is 0 Å². The lowest BCUT2D eigenvalue weighted by atomic mass is 9.89. The molecule has 1 aromatic rings. The predicted molar refractivity (Wildman–Crippen MR) is 70.0 cm³/mol. The average molecular weight is 234 g/mol. The van der Waals surface area contributed by atoms with Gasteiger partial charge in [-0.25, -0.2) is 4.98 Å². The smallest absolute Gasteiger partial charge is 0.128 e. The molecular formula is C14H22N2O. The average Bonchev–Trinajstić information content (AvgIpc) is 2.33. The van der Waals surface area contributed by atoms with E-state index in [-0.39, 0.29) is 0 Å². The minimum Gasteiger partial charge on any atom is -0.389 e. The number of hydrogen-bond acceptors (Lipinski definition) is 3. The van der Waals surface area contributed by atoms with Crippen molar-refractivity contribution in [3.05, 3.63) is 23.9 Å². The first-order chi connectivity index (χ1) is 8.08. The van der Waals surface area contributed by atoms with Gasteiger partial charge >= 0.3 is 0 Å². The molecule has 0 radical (unpaired) electrons. The van der Waals surface area contributed by atoms with Crippen LogP contribution in [0.4, 0.5) is 5.82 Å². The quantitative estimate of drug-likeness (QED) is 0.854. The molecule has 1 aliphatic heterocycles. The number of anilines is 1. The van der Waals surface area contributed by atoms with Gasteiger partial charge in [-0.2, -0.15) is 0 Å². The van der Waals surface area contributed by atoms with Gasteiger partial charge in [0.25, 0.3) is 0 Å². The van der Waals surface area contributed by atoms with Crippen LogP contribution in [0, 0.1) is 11.8 Å². The minimum absolute atomic E-state index is 0.419. The van der Waals surface area contributed by atoms with Crippen LogP contribution in [0.5, 0.6) is 0 Å². The lowest BCUT2D eigenvalue weighted by molar-refractivity contribution is 0.199. The maximum Gasteiger partial charge on any atom is 0.128 e. The molecule has 1 saturated heterocycles. The first-order valence-electron chi connectivity index (χ1n) is 6.47. The van der Waals surface area contributed by atoms with E-state index >= 15 is 0 Å². The van der Waals surface area contributed by atoms with Gasteiger partial charge in [-0.05, 0) is 42.9 Å². The van der Waals surface area contributed by atoms with E-state index in [0.717, 1.165) is 30.4 Å². The van der Waals surface area contributed by atoms with E-state index in [2.05, 4.69) is 23.7 Å². The van der Waals surface area contributed by atoms with Crippen molar-refractivity contribution >= 4 is 5.82 Å². The van der Waals surface area contributed by atoms with Crippen LogP contribution in [-0.2, 0) is 0 Å². The molecule has 3 heteroatoms. The summed E-state index contributed by atoms with van der Waals surface area (Å²) in [5.74, 6) is 2.51. The summed E-state index contributed by atoms with van der Waals surface area (Å²) in [7, 11) is 0. The van der Waals surface area contributed by atoms with Gasteiger partial charge in [-0.3, -0.25) is 0 Å². The fourth-order valence-electron chi connectivity index (χ4n) is 2.34. The summed E-state index contributed by atoms with van der Waals surface area (Å²) in [5.41, 5.74) is 0.946. The fourth-order valence-corrected chi connectivity index (χ4v) is 2.34. The maximum atomic E-state index is 9.59. The van der Waals surface area contributed by atoms with Crippen molar-refractivity contribution in [3.63, 3.8) is 0 Å². The Kier molecular flexibility index (Phi) is 3.67. The van der Waals surface area contributed by atoms with Gasteiger partial charge in [0, 0.05) is 19.3 Å². The highest BCUT2D eigenvalue weighted by Crippen LogP contribution is 2.26. The van der Waals surface area contributed by atoms with Crippen molar-refractivity contribution in [2.24, 2.45) is 11.8 Å². The first kappa shape index (κ1) is 12.4. The van der Waals surface area contributed by atoms with Crippen LogP contribution < -0.4 is 4.90 Å². The number of aliphatic hydroxyl groups is 1. The Morgan fingerprint density at radius 1 is 1.41 bits per heavy atom. The Labute approximate surface area is 103 Å². The molecule has 2 heterocycles. The molecule has 0 aliphatic carbocycles. The number of piperidine rings is 1. The summed E-state index contributed by atoms with van der Waals surface area (Å²) in [4.78, 5) is 6.75. The van der Waals surface area contributed by atoms with Gasteiger partial charge in [0.1, 0.15) is 5.82 Å². The fraction of sp³-hybridized carbons (Fsp3) is 0.643. The van der Waals surface area contributed by atoms with E-state index in [1.165, 1.54) is 6.42 Å². The van der Waals surface area contributed by atoms with Crippen LogP contribution in [0.1, 0.15) is 38.9 Å². The van der Waals surface area contributed by atoms with Crippen LogP contribution in [0.15, 0.2) is 18.3 Å². The SMILES string of the molecule is CC1CCN(c2cc([C@@H](C)O)ccn2)CC1C. The highest BCUT2D eigenvalue weighted by molar-refractivity contribution is 5.42. The van der Waals surface area contributed by atoms with Crippen LogP contribution in [0.25, 0.3) is 0 Å². The Morgan fingerprint density at radius 3 is 2.82 bits per heavy atom. The lowest BCUT2D eigenvalue weighted by Crippen LogP contribution is -2.38. The predicted octanol–water partition coefficient (Wildman–Crippen LogP) is 2.62. The number of aromatic nitrogens is 1. The molecule has 0 bridgehead atoms. The second-order valence-electron chi connectivity index (χ2n) is 5.31. The van der Waals surface area contributed by atoms with Crippen molar-refractivity contribution in [3.8, 4) is 0 Å². The largest absolute Gasteiger partial charge is 0.389 e. The zero-order valence-corrected chi connectivity index (χ0v) is 10.9. The maximum absolute atomic E-state index is 9.59. The van der Waals surface area contributed by atoms with Crippen molar-refractivity contribution in [2.45, 2.75) is 33.3 Å². The van der Waals surface area contributed by atoms with Crippen molar-refractivity contribution in [1.29, 1.82) is 0 Å². The molecule has 94 valence electrons. The van der Waals surface area contributed by atoms with E-state index in [0.29, 0.717) is 5.92 Å². The molecule has 0 spiro atoms. The van der Waals surface area contributed by atoms with Crippen LogP contribution in [-0.4, -0.2) is 23.2 Å². The summed E-state index contributed by atoms with van der Waals surface area (Å²) in [6.07, 6.45) is 2.60. The molecule has 2 rings (SSSR count). The Morgan fingerprint density at radius 2 is 2.18 bits per heavy atom. The zero-order chi connectivity index (χ0) is 12.4. The number of rotatable bonds is 2. The summed E-state index contributed by atoms with van der Waals surface area (Å²) in [6, 6.07) is 3.89. The molecule has 1 aliphatic rings. The topological polar surface area (TPSA) is 36.4 Å². The van der Waals surface area contributed by atoms with E-state index in [9.17, 15) is 5.11 Å². The highest BCUT2D eigenvalue weighted by atomic mass is 16.3. The molecule has 3 nitrogen and oxygen atoms in total. The summed E-state index contributed by atoms with van der Waals surface area (Å²) < 4.78 is 0. The third-order valence-electron chi connectivity index (χ3n) is 3.91. The summed E-state index contributed by atoms with van der Waals surface area (Å²) in [6.45, 7) is 8.55. The van der Waals surface area contributed by atoms with E-state index < -0.39 is 6.10 Å². The molecule has 1 N–H and O–H groups in total. The third-order valence-corrected chi connectivity index (χ3v) is 3.91. The molecule has 0 saturated carbocycles. The number of hydrogen-bond donors (Lipinski definition) is 1.